The van der Waals surface area contributed by atoms with E-state index in [1.165, 1.54) is 41.5 Å². The van der Waals surface area contributed by atoms with Crippen molar-refractivity contribution in [2.45, 2.75) is 51.6 Å². The predicted molar refractivity (Wildman–Crippen MR) is 82.8 cm³/mol. The molecule has 0 fully saturated rings. The van der Waals surface area contributed by atoms with Crippen LogP contribution < -0.4 is 11.1 Å². The third-order valence-corrected chi connectivity index (χ3v) is 4.81. The van der Waals surface area contributed by atoms with Gasteiger partial charge in [-0.25, -0.2) is 9.59 Å². The van der Waals surface area contributed by atoms with Gasteiger partial charge in [0.1, 0.15) is 4.88 Å². The van der Waals surface area contributed by atoms with Gasteiger partial charge in [0, 0.05) is 4.88 Å². The fraction of sp³-hybridized carbons (Fsp3) is 0.533. The number of carbonyl (C=O) groups excluding carboxylic acids is 3. The Morgan fingerprint density at radius 3 is 2.59 bits per heavy atom. The zero-order chi connectivity index (χ0) is 16.1. The molecule has 3 amide bonds. The van der Waals surface area contributed by atoms with Gasteiger partial charge < -0.3 is 10.5 Å². The van der Waals surface area contributed by atoms with E-state index in [1.54, 1.807) is 0 Å². The summed E-state index contributed by atoms with van der Waals surface area (Å²) in [5, 5.41) is 1.89. The third kappa shape index (κ3) is 4.30. The second-order valence-electron chi connectivity index (χ2n) is 5.37. The molecule has 1 aromatic heterocycles. The largest absolute Gasteiger partial charge is 0.448 e. The molecule has 0 bridgehead atoms. The van der Waals surface area contributed by atoms with Crippen LogP contribution in [0.25, 0.3) is 0 Å². The number of thiophene rings is 1. The lowest BCUT2D eigenvalue weighted by atomic mass is 10.00. The molecule has 0 radical (unpaired) electrons. The van der Waals surface area contributed by atoms with Crippen LogP contribution in [0, 0.1) is 0 Å². The molecule has 3 N–H and O–H groups in total. The van der Waals surface area contributed by atoms with Gasteiger partial charge in [-0.2, -0.15) is 0 Å². The molecule has 22 heavy (non-hydrogen) atoms. The number of aryl methyl sites for hydroxylation is 2. The lowest BCUT2D eigenvalue weighted by molar-refractivity contribution is -0.127. The molecule has 1 aromatic rings. The van der Waals surface area contributed by atoms with Crippen molar-refractivity contribution < 1.29 is 19.1 Å². The van der Waals surface area contributed by atoms with Crippen molar-refractivity contribution in [3.05, 3.63) is 21.4 Å². The van der Waals surface area contributed by atoms with Gasteiger partial charge in [-0.3, -0.25) is 10.1 Å². The SMILES string of the molecule is C[C@H](OC(=O)c1cc2c(s1)CCCCCC2)C(=O)NC(N)=O. The van der Waals surface area contributed by atoms with Crippen LogP contribution in [0.15, 0.2) is 6.07 Å². The zero-order valence-corrected chi connectivity index (χ0v) is 13.3. The number of carbonyl (C=O) groups is 3. The summed E-state index contributed by atoms with van der Waals surface area (Å²) in [5.41, 5.74) is 6.07. The highest BCUT2D eigenvalue weighted by molar-refractivity contribution is 7.14. The van der Waals surface area contributed by atoms with Gasteiger partial charge >= 0.3 is 12.0 Å². The van der Waals surface area contributed by atoms with Gasteiger partial charge in [-0.1, -0.05) is 12.8 Å². The number of urea groups is 1. The highest BCUT2D eigenvalue weighted by Crippen LogP contribution is 2.29. The van der Waals surface area contributed by atoms with E-state index in [9.17, 15) is 14.4 Å². The minimum absolute atomic E-state index is 0.505. The van der Waals surface area contributed by atoms with E-state index in [0.717, 1.165) is 25.7 Å². The first-order chi connectivity index (χ1) is 10.5. The molecule has 1 heterocycles. The van der Waals surface area contributed by atoms with Gasteiger partial charge in [-0.15, -0.1) is 11.3 Å². The van der Waals surface area contributed by atoms with Crippen LogP contribution in [0.4, 0.5) is 4.79 Å². The highest BCUT2D eigenvalue weighted by atomic mass is 32.1. The van der Waals surface area contributed by atoms with E-state index in [1.807, 2.05) is 11.4 Å². The molecule has 0 saturated heterocycles. The van der Waals surface area contributed by atoms with Gasteiger partial charge in [-0.05, 0) is 44.2 Å². The number of hydrogen-bond acceptors (Lipinski definition) is 5. The quantitative estimate of drug-likeness (QED) is 0.832. The molecule has 0 spiro atoms. The van der Waals surface area contributed by atoms with E-state index >= 15 is 0 Å². The summed E-state index contributed by atoms with van der Waals surface area (Å²) in [6.07, 6.45) is 5.63. The fourth-order valence-corrected chi connectivity index (χ4v) is 3.58. The molecule has 1 aliphatic carbocycles. The summed E-state index contributed by atoms with van der Waals surface area (Å²) in [7, 11) is 0. The molecule has 120 valence electrons. The molecule has 0 aromatic carbocycles. The Morgan fingerprint density at radius 1 is 1.23 bits per heavy atom. The second-order valence-corrected chi connectivity index (χ2v) is 6.51. The summed E-state index contributed by atoms with van der Waals surface area (Å²) >= 11 is 1.44. The summed E-state index contributed by atoms with van der Waals surface area (Å²) in [4.78, 5) is 36.0. The van der Waals surface area contributed by atoms with Crippen molar-refractivity contribution in [2.75, 3.05) is 0 Å². The molecular formula is C15H20N2O4S. The van der Waals surface area contributed by atoms with Crippen LogP contribution >= 0.6 is 11.3 Å². The summed E-state index contributed by atoms with van der Waals surface area (Å²) in [6, 6.07) is 0.902. The zero-order valence-electron chi connectivity index (χ0n) is 12.5. The third-order valence-electron chi connectivity index (χ3n) is 3.60. The van der Waals surface area contributed by atoms with Crippen molar-refractivity contribution in [1.29, 1.82) is 0 Å². The maximum absolute atomic E-state index is 12.1. The second kappa shape index (κ2) is 7.40. The minimum Gasteiger partial charge on any atom is -0.448 e. The molecule has 0 aliphatic heterocycles. The predicted octanol–water partition coefficient (Wildman–Crippen LogP) is 2.15. The van der Waals surface area contributed by atoms with E-state index in [-0.39, 0.29) is 0 Å². The molecule has 0 saturated carbocycles. The van der Waals surface area contributed by atoms with Crippen molar-refractivity contribution in [3.8, 4) is 0 Å². The van der Waals surface area contributed by atoms with Crippen molar-refractivity contribution in [3.63, 3.8) is 0 Å². The maximum Gasteiger partial charge on any atom is 0.349 e. The monoisotopic (exact) mass is 324 g/mol. The number of nitrogens with one attached hydrogen (secondary N) is 1. The first-order valence-corrected chi connectivity index (χ1v) is 8.22. The number of imide groups is 1. The number of fused-ring (bicyclic) bond motifs is 1. The van der Waals surface area contributed by atoms with Gasteiger partial charge in [0.25, 0.3) is 5.91 Å². The number of esters is 1. The van der Waals surface area contributed by atoms with E-state index in [4.69, 9.17) is 10.5 Å². The number of amides is 3. The molecule has 2 rings (SSSR count). The number of hydrogen-bond donors (Lipinski definition) is 2. The van der Waals surface area contributed by atoms with E-state index < -0.39 is 24.0 Å². The lowest BCUT2D eigenvalue weighted by Gasteiger charge is -2.10. The Hall–Kier alpha value is -1.89. The van der Waals surface area contributed by atoms with E-state index in [0.29, 0.717) is 4.88 Å². The Morgan fingerprint density at radius 2 is 1.91 bits per heavy atom. The number of rotatable bonds is 3. The molecule has 1 atom stereocenters. The summed E-state index contributed by atoms with van der Waals surface area (Å²) in [6.45, 7) is 1.40. The van der Waals surface area contributed by atoms with Crippen molar-refractivity contribution in [2.24, 2.45) is 5.73 Å². The molecule has 6 nitrogen and oxygen atoms in total. The molecule has 1 aliphatic rings. The highest BCUT2D eigenvalue weighted by Gasteiger charge is 2.22. The van der Waals surface area contributed by atoms with Crippen molar-refractivity contribution >= 4 is 29.2 Å². The van der Waals surface area contributed by atoms with E-state index in [2.05, 4.69) is 0 Å². The molecule has 7 heteroatoms. The van der Waals surface area contributed by atoms with Gasteiger partial charge in [0.2, 0.25) is 0 Å². The first-order valence-electron chi connectivity index (χ1n) is 7.40. The lowest BCUT2D eigenvalue weighted by Crippen LogP contribution is -2.42. The Bertz CT molecular complexity index is 557. The van der Waals surface area contributed by atoms with Gasteiger partial charge in [0.15, 0.2) is 6.10 Å². The first kappa shape index (κ1) is 16.5. The summed E-state index contributed by atoms with van der Waals surface area (Å²) < 4.78 is 5.09. The van der Waals surface area contributed by atoms with Crippen molar-refractivity contribution in [1.82, 2.24) is 5.32 Å². The van der Waals surface area contributed by atoms with Crippen LogP contribution in [0.1, 0.15) is 52.7 Å². The Kier molecular flexibility index (Phi) is 5.54. The van der Waals surface area contributed by atoms with Gasteiger partial charge in [0.05, 0.1) is 0 Å². The van der Waals surface area contributed by atoms with Crippen LogP contribution in [-0.4, -0.2) is 24.0 Å². The smallest absolute Gasteiger partial charge is 0.349 e. The normalized spacial score (nSPS) is 15.9. The number of nitrogens with two attached hydrogens (primary N) is 1. The maximum atomic E-state index is 12.1. The number of primary amides is 1. The summed E-state index contributed by atoms with van der Waals surface area (Å²) in [5.74, 6) is -1.26. The number of ether oxygens (including phenoxy) is 1. The fourth-order valence-electron chi connectivity index (χ4n) is 2.44. The minimum atomic E-state index is -1.07. The van der Waals surface area contributed by atoms with Crippen LogP contribution in [-0.2, 0) is 22.4 Å². The topological polar surface area (TPSA) is 98.5 Å². The average molecular weight is 324 g/mol. The average Bonchev–Trinajstić information content (AvgIpc) is 2.80. The van der Waals surface area contributed by atoms with Crippen LogP contribution in [0.5, 0.6) is 0 Å². The standard InChI is InChI=1S/C15H20N2O4S/c1-9(13(18)17-15(16)20)21-14(19)12-8-10-6-4-2-3-5-7-11(10)22-12/h8-9H,2-7H2,1H3,(H3,16,17,18,20)/t9-/m0/s1. The molecular weight excluding hydrogens is 304 g/mol. The van der Waals surface area contributed by atoms with Crippen LogP contribution in [0.3, 0.4) is 0 Å². The van der Waals surface area contributed by atoms with Crippen LogP contribution in [0.2, 0.25) is 0 Å². The molecule has 0 unspecified atom stereocenters. The Labute approximate surface area is 133 Å². The Balaban J connectivity index is 2.02.